The van der Waals surface area contributed by atoms with Gasteiger partial charge in [-0.15, -0.1) is 0 Å². The molecule has 0 amide bonds. The van der Waals surface area contributed by atoms with E-state index in [2.05, 4.69) is 10.3 Å². The Morgan fingerprint density at radius 2 is 2.12 bits per heavy atom. The largest absolute Gasteiger partial charge is 0.389 e. The first kappa shape index (κ1) is 13.8. The number of hydrogen-bond acceptors (Lipinski definition) is 3. The van der Waals surface area contributed by atoms with E-state index in [4.69, 9.17) is 4.74 Å². The monoisotopic (exact) mass is 248 g/mol. The molecule has 0 aliphatic rings. The van der Waals surface area contributed by atoms with Crippen molar-refractivity contribution in [1.82, 2.24) is 4.98 Å². The molecule has 0 aliphatic heterocycles. The van der Waals surface area contributed by atoms with Crippen LogP contribution in [0.5, 0.6) is 0 Å². The Morgan fingerprint density at radius 1 is 1.35 bits per heavy atom. The third-order valence-electron chi connectivity index (χ3n) is 2.06. The van der Waals surface area contributed by atoms with Gasteiger partial charge in [-0.3, -0.25) is 0 Å². The van der Waals surface area contributed by atoms with E-state index in [-0.39, 0.29) is 19.6 Å². The molecule has 0 saturated carbocycles. The van der Waals surface area contributed by atoms with Crippen molar-refractivity contribution in [1.29, 1.82) is 0 Å². The highest BCUT2D eigenvalue weighted by Crippen LogP contribution is 2.21. The summed E-state index contributed by atoms with van der Waals surface area (Å²) in [4.78, 5) is 4.18. The summed E-state index contributed by atoms with van der Waals surface area (Å²) in [6, 6.07) is 5.38. The molecule has 0 bridgehead atoms. The second-order valence-corrected chi connectivity index (χ2v) is 3.54. The van der Waals surface area contributed by atoms with Crippen LogP contribution in [0.25, 0.3) is 0 Å². The van der Waals surface area contributed by atoms with Crippen LogP contribution in [0.2, 0.25) is 0 Å². The standard InChI is InChI=1S/C11H15F3N2O/c1-15-10-5-2-4-9(16-10)8-17-7-3-6-11(12,13)14/h2,4-5H,3,6-8H2,1H3,(H,15,16). The third-order valence-corrected chi connectivity index (χ3v) is 2.06. The Morgan fingerprint density at radius 3 is 2.76 bits per heavy atom. The van der Waals surface area contributed by atoms with Crippen LogP contribution < -0.4 is 5.32 Å². The highest BCUT2D eigenvalue weighted by atomic mass is 19.4. The van der Waals surface area contributed by atoms with E-state index < -0.39 is 12.6 Å². The van der Waals surface area contributed by atoms with E-state index in [0.29, 0.717) is 11.5 Å². The molecule has 96 valence electrons. The Bertz CT molecular complexity index is 342. The summed E-state index contributed by atoms with van der Waals surface area (Å²) in [6.45, 7) is 0.318. The Hall–Kier alpha value is -1.30. The third kappa shape index (κ3) is 6.11. The predicted molar refractivity (Wildman–Crippen MR) is 58.7 cm³/mol. The minimum absolute atomic E-state index is 0.0186. The molecular weight excluding hydrogens is 233 g/mol. The molecule has 0 aliphatic carbocycles. The number of pyridine rings is 1. The average molecular weight is 248 g/mol. The molecule has 0 saturated heterocycles. The van der Waals surface area contributed by atoms with Gasteiger partial charge in [0, 0.05) is 20.1 Å². The number of anilines is 1. The zero-order chi connectivity index (χ0) is 12.7. The summed E-state index contributed by atoms with van der Waals surface area (Å²) in [5, 5.41) is 2.87. The summed E-state index contributed by atoms with van der Waals surface area (Å²) in [5.74, 6) is 0.710. The van der Waals surface area contributed by atoms with Gasteiger partial charge in [-0.25, -0.2) is 4.98 Å². The molecule has 0 fully saturated rings. The number of nitrogens with one attached hydrogen (secondary N) is 1. The van der Waals surface area contributed by atoms with Gasteiger partial charge in [0.1, 0.15) is 5.82 Å². The molecule has 17 heavy (non-hydrogen) atoms. The number of rotatable bonds is 6. The SMILES string of the molecule is CNc1cccc(COCCCC(F)(F)F)n1. The van der Waals surface area contributed by atoms with Crippen LogP contribution in [0.15, 0.2) is 18.2 Å². The lowest BCUT2D eigenvalue weighted by Gasteiger charge is -2.07. The van der Waals surface area contributed by atoms with E-state index >= 15 is 0 Å². The second-order valence-electron chi connectivity index (χ2n) is 3.54. The van der Waals surface area contributed by atoms with Crippen LogP contribution in [-0.2, 0) is 11.3 Å². The fraction of sp³-hybridized carbons (Fsp3) is 0.545. The van der Waals surface area contributed by atoms with Crippen LogP contribution in [0.4, 0.5) is 19.0 Å². The van der Waals surface area contributed by atoms with Crippen LogP contribution in [0.3, 0.4) is 0 Å². The lowest BCUT2D eigenvalue weighted by molar-refractivity contribution is -0.138. The van der Waals surface area contributed by atoms with Crippen molar-refractivity contribution in [3.05, 3.63) is 23.9 Å². The van der Waals surface area contributed by atoms with Gasteiger partial charge in [0.05, 0.1) is 12.3 Å². The van der Waals surface area contributed by atoms with E-state index in [0.717, 1.165) is 0 Å². The van der Waals surface area contributed by atoms with Gasteiger partial charge in [-0.05, 0) is 18.6 Å². The molecule has 0 atom stereocenters. The summed E-state index contributed by atoms with van der Waals surface area (Å²) in [6.07, 6.45) is -4.93. The fourth-order valence-electron chi connectivity index (χ4n) is 1.25. The highest BCUT2D eigenvalue weighted by Gasteiger charge is 2.25. The summed E-state index contributed by atoms with van der Waals surface area (Å²) in [5.41, 5.74) is 0.698. The molecule has 6 heteroatoms. The molecule has 1 rings (SSSR count). The molecule has 0 aromatic carbocycles. The molecule has 1 N–H and O–H groups in total. The number of halogens is 3. The van der Waals surface area contributed by atoms with Crippen LogP contribution in [0.1, 0.15) is 18.5 Å². The van der Waals surface area contributed by atoms with Crippen molar-refractivity contribution in [2.75, 3.05) is 19.0 Å². The van der Waals surface area contributed by atoms with E-state index in [9.17, 15) is 13.2 Å². The zero-order valence-electron chi connectivity index (χ0n) is 9.55. The molecular formula is C11H15F3N2O. The quantitative estimate of drug-likeness (QED) is 0.786. The van der Waals surface area contributed by atoms with Crippen LogP contribution in [-0.4, -0.2) is 24.8 Å². The molecule has 3 nitrogen and oxygen atoms in total. The lowest BCUT2D eigenvalue weighted by Crippen LogP contribution is -2.09. The first-order valence-corrected chi connectivity index (χ1v) is 5.29. The number of aromatic nitrogens is 1. The molecule has 0 spiro atoms. The second kappa shape index (κ2) is 6.44. The number of hydrogen-bond donors (Lipinski definition) is 1. The Kier molecular flexibility index (Phi) is 5.21. The van der Waals surface area contributed by atoms with Gasteiger partial charge in [0.2, 0.25) is 0 Å². The first-order chi connectivity index (χ1) is 8.01. The maximum atomic E-state index is 11.8. The Balaban J connectivity index is 2.22. The van der Waals surface area contributed by atoms with Gasteiger partial charge in [0.15, 0.2) is 0 Å². The van der Waals surface area contributed by atoms with Gasteiger partial charge < -0.3 is 10.1 Å². The summed E-state index contributed by atoms with van der Waals surface area (Å²) >= 11 is 0. The fourth-order valence-corrected chi connectivity index (χ4v) is 1.25. The van der Waals surface area contributed by atoms with Crippen molar-refractivity contribution in [2.45, 2.75) is 25.6 Å². The van der Waals surface area contributed by atoms with Gasteiger partial charge in [-0.1, -0.05) is 6.07 Å². The minimum Gasteiger partial charge on any atom is -0.375 e. The maximum Gasteiger partial charge on any atom is 0.389 e. The first-order valence-electron chi connectivity index (χ1n) is 5.29. The molecule has 1 aromatic heterocycles. The number of alkyl halides is 3. The summed E-state index contributed by atoms with van der Waals surface area (Å²) in [7, 11) is 1.75. The van der Waals surface area contributed by atoms with E-state index in [1.807, 2.05) is 6.07 Å². The van der Waals surface area contributed by atoms with E-state index in [1.165, 1.54) is 0 Å². The van der Waals surface area contributed by atoms with Gasteiger partial charge in [-0.2, -0.15) is 13.2 Å². The van der Waals surface area contributed by atoms with Crippen LogP contribution in [0, 0.1) is 0 Å². The van der Waals surface area contributed by atoms with E-state index in [1.54, 1.807) is 19.2 Å². The van der Waals surface area contributed by atoms with Crippen LogP contribution >= 0.6 is 0 Å². The highest BCUT2D eigenvalue weighted by molar-refractivity contribution is 5.33. The Labute approximate surface area is 98.0 Å². The topological polar surface area (TPSA) is 34.1 Å². The summed E-state index contributed by atoms with van der Waals surface area (Å²) < 4.78 is 40.6. The molecule has 0 radical (unpaired) electrons. The van der Waals surface area contributed by atoms with Crippen molar-refractivity contribution in [3.8, 4) is 0 Å². The average Bonchev–Trinajstić information content (AvgIpc) is 2.27. The zero-order valence-corrected chi connectivity index (χ0v) is 9.55. The molecule has 1 heterocycles. The normalized spacial score (nSPS) is 11.5. The number of ether oxygens (including phenoxy) is 1. The number of nitrogens with zero attached hydrogens (tertiary/aromatic N) is 1. The maximum absolute atomic E-state index is 11.8. The molecule has 1 aromatic rings. The van der Waals surface area contributed by atoms with Gasteiger partial charge in [0.25, 0.3) is 0 Å². The van der Waals surface area contributed by atoms with Crippen molar-refractivity contribution < 1.29 is 17.9 Å². The predicted octanol–water partition coefficient (Wildman–Crippen LogP) is 2.98. The molecule has 0 unspecified atom stereocenters. The van der Waals surface area contributed by atoms with Gasteiger partial charge >= 0.3 is 6.18 Å². The smallest absolute Gasteiger partial charge is 0.375 e. The van der Waals surface area contributed by atoms with Crippen molar-refractivity contribution in [3.63, 3.8) is 0 Å². The minimum atomic E-state index is -4.10. The van der Waals surface area contributed by atoms with Crippen molar-refractivity contribution >= 4 is 5.82 Å². The lowest BCUT2D eigenvalue weighted by atomic mass is 10.3. The van der Waals surface area contributed by atoms with Crippen molar-refractivity contribution in [2.24, 2.45) is 0 Å².